The number of hydrogen-bond donors (Lipinski definition) is 1. The van der Waals surface area contributed by atoms with Crippen molar-refractivity contribution in [2.24, 2.45) is 0 Å². The fraction of sp³-hybridized carbons (Fsp3) is 0.143. The van der Waals surface area contributed by atoms with Crippen LogP contribution in [0.25, 0.3) is 0 Å². The summed E-state index contributed by atoms with van der Waals surface area (Å²) in [6.45, 7) is -0.429. The topological polar surface area (TPSA) is 54.4 Å². The molecule has 0 heterocycles. The van der Waals surface area contributed by atoms with E-state index >= 15 is 0 Å². The quantitative estimate of drug-likeness (QED) is 0.919. The molecule has 3 nitrogen and oxygen atoms in total. The van der Waals surface area contributed by atoms with E-state index in [4.69, 9.17) is 0 Å². The average Bonchev–Trinajstić information content (AvgIpc) is 2.41. The molecular weight excluding hydrogens is 248 g/mol. The third-order valence-corrected chi connectivity index (χ3v) is 4.88. The maximum absolute atomic E-state index is 12.4. The maximum atomic E-state index is 12.4. The summed E-state index contributed by atoms with van der Waals surface area (Å²) in [5.74, 6) is 0. The molecule has 0 amide bonds. The fourth-order valence-electron chi connectivity index (χ4n) is 1.82. The Morgan fingerprint density at radius 1 is 0.889 bits per heavy atom. The molecule has 0 radical (unpaired) electrons. The first-order valence-corrected chi connectivity index (χ1v) is 7.15. The summed E-state index contributed by atoms with van der Waals surface area (Å²) in [5, 5.41) is 8.48. The van der Waals surface area contributed by atoms with E-state index in [0.717, 1.165) is 0 Å². The van der Waals surface area contributed by atoms with E-state index in [1.807, 2.05) is 6.07 Å². The molecule has 94 valence electrons. The molecule has 2 aromatic rings. The van der Waals surface area contributed by atoms with Crippen molar-refractivity contribution in [2.45, 2.75) is 10.1 Å². The molecular formula is C14H14O3S. The second-order valence-electron chi connectivity index (χ2n) is 3.94. The molecule has 4 heteroatoms. The van der Waals surface area contributed by atoms with Crippen LogP contribution in [0.4, 0.5) is 0 Å². The molecule has 2 aromatic carbocycles. The van der Waals surface area contributed by atoms with Gasteiger partial charge in [-0.3, -0.25) is 0 Å². The lowest BCUT2D eigenvalue weighted by Crippen LogP contribution is -2.17. The van der Waals surface area contributed by atoms with E-state index in [-0.39, 0.29) is 4.90 Å². The minimum Gasteiger partial charge on any atom is -0.395 e. The first kappa shape index (κ1) is 12.8. The van der Waals surface area contributed by atoms with Crippen molar-refractivity contribution >= 4 is 9.84 Å². The highest BCUT2D eigenvalue weighted by atomic mass is 32.2. The van der Waals surface area contributed by atoms with Gasteiger partial charge in [0.2, 0.25) is 0 Å². The molecule has 0 fully saturated rings. The van der Waals surface area contributed by atoms with Crippen molar-refractivity contribution < 1.29 is 13.5 Å². The third-order valence-electron chi connectivity index (χ3n) is 2.78. The van der Waals surface area contributed by atoms with Gasteiger partial charge in [0.1, 0.15) is 5.25 Å². The molecule has 18 heavy (non-hydrogen) atoms. The lowest BCUT2D eigenvalue weighted by atomic mass is 10.2. The van der Waals surface area contributed by atoms with Gasteiger partial charge >= 0.3 is 0 Å². The van der Waals surface area contributed by atoms with E-state index in [1.165, 1.54) is 0 Å². The van der Waals surface area contributed by atoms with Gasteiger partial charge in [0.05, 0.1) is 11.5 Å². The summed E-state index contributed by atoms with van der Waals surface area (Å²) in [5.41, 5.74) is 0.601. The van der Waals surface area contributed by atoms with E-state index in [9.17, 15) is 13.5 Å². The van der Waals surface area contributed by atoms with Gasteiger partial charge in [-0.25, -0.2) is 8.42 Å². The molecule has 1 atom stereocenters. The zero-order chi connectivity index (χ0) is 13.0. The van der Waals surface area contributed by atoms with Crippen molar-refractivity contribution in [1.29, 1.82) is 0 Å². The van der Waals surface area contributed by atoms with Crippen LogP contribution in [0.5, 0.6) is 0 Å². The Hall–Kier alpha value is -1.65. The monoisotopic (exact) mass is 262 g/mol. The third kappa shape index (κ3) is 2.44. The first-order chi connectivity index (χ1) is 8.66. The minimum atomic E-state index is -3.55. The van der Waals surface area contributed by atoms with Crippen LogP contribution in [0, 0.1) is 0 Å². The lowest BCUT2D eigenvalue weighted by Gasteiger charge is -2.15. The molecule has 2 rings (SSSR count). The SMILES string of the molecule is O=S(=O)(c1ccccc1)C(CO)c1ccccc1. The Kier molecular flexibility index (Phi) is 3.79. The van der Waals surface area contributed by atoms with Gasteiger partial charge in [-0.05, 0) is 17.7 Å². The zero-order valence-corrected chi connectivity index (χ0v) is 10.5. The van der Waals surface area contributed by atoms with E-state index in [0.29, 0.717) is 5.56 Å². The Balaban J connectivity index is 2.46. The van der Waals surface area contributed by atoms with Gasteiger partial charge in [-0.15, -0.1) is 0 Å². The van der Waals surface area contributed by atoms with Gasteiger partial charge in [0, 0.05) is 0 Å². The van der Waals surface area contributed by atoms with Crippen LogP contribution in [0.2, 0.25) is 0 Å². The van der Waals surface area contributed by atoms with Crippen molar-refractivity contribution in [3.63, 3.8) is 0 Å². The number of aliphatic hydroxyl groups excluding tert-OH is 1. The molecule has 0 aliphatic carbocycles. The molecule has 0 spiro atoms. The summed E-state index contributed by atoms with van der Waals surface area (Å²) in [6, 6.07) is 16.9. The van der Waals surface area contributed by atoms with Crippen molar-refractivity contribution in [3.05, 3.63) is 66.2 Å². The summed E-state index contributed by atoms with van der Waals surface area (Å²) < 4.78 is 24.8. The molecule has 0 bridgehead atoms. The zero-order valence-electron chi connectivity index (χ0n) is 9.73. The van der Waals surface area contributed by atoms with Gasteiger partial charge in [-0.2, -0.15) is 0 Å². The van der Waals surface area contributed by atoms with Crippen LogP contribution >= 0.6 is 0 Å². The maximum Gasteiger partial charge on any atom is 0.187 e. The normalized spacial score (nSPS) is 13.2. The summed E-state index contributed by atoms with van der Waals surface area (Å²) >= 11 is 0. The van der Waals surface area contributed by atoms with Crippen LogP contribution in [0.3, 0.4) is 0 Å². The van der Waals surface area contributed by atoms with Crippen molar-refractivity contribution in [3.8, 4) is 0 Å². The predicted molar refractivity (Wildman–Crippen MR) is 69.9 cm³/mol. The number of hydrogen-bond acceptors (Lipinski definition) is 3. The average molecular weight is 262 g/mol. The largest absolute Gasteiger partial charge is 0.395 e. The van der Waals surface area contributed by atoms with Gasteiger partial charge in [-0.1, -0.05) is 48.5 Å². The molecule has 0 aliphatic heterocycles. The summed E-state index contributed by atoms with van der Waals surface area (Å²) in [4.78, 5) is 0.230. The Morgan fingerprint density at radius 3 is 1.89 bits per heavy atom. The highest BCUT2D eigenvalue weighted by Gasteiger charge is 2.27. The molecule has 1 unspecified atom stereocenters. The fourth-order valence-corrected chi connectivity index (χ4v) is 3.40. The van der Waals surface area contributed by atoms with Gasteiger partial charge in [0.15, 0.2) is 9.84 Å². The molecule has 1 N–H and O–H groups in total. The molecule has 0 saturated carbocycles. The second kappa shape index (κ2) is 5.33. The summed E-state index contributed by atoms with van der Waals surface area (Å²) in [7, 11) is -3.55. The first-order valence-electron chi connectivity index (χ1n) is 5.61. The Morgan fingerprint density at radius 2 is 1.39 bits per heavy atom. The Labute approximate surface area is 107 Å². The van der Waals surface area contributed by atoms with Gasteiger partial charge < -0.3 is 5.11 Å². The summed E-state index contributed by atoms with van der Waals surface area (Å²) in [6.07, 6.45) is 0. The number of benzene rings is 2. The highest BCUT2D eigenvalue weighted by molar-refractivity contribution is 7.91. The van der Waals surface area contributed by atoms with Crippen LogP contribution in [0.1, 0.15) is 10.8 Å². The predicted octanol–water partition coefficient (Wildman–Crippen LogP) is 2.19. The van der Waals surface area contributed by atoms with E-state index < -0.39 is 21.7 Å². The second-order valence-corrected chi connectivity index (χ2v) is 6.07. The number of sulfone groups is 1. The molecule has 0 aromatic heterocycles. The van der Waals surface area contributed by atoms with Crippen LogP contribution in [-0.2, 0) is 9.84 Å². The van der Waals surface area contributed by atoms with Crippen LogP contribution in [0.15, 0.2) is 65.6 Å². The molecule has 0 saturated heterocycles. The minimum absolute atomic E-state index is 0.230. The molecule has 0 aliphatic rings. The van der Waals surface area contributed by atoms with Crippen molar-refractivity contribution in [1.82, 2.24) is 0 Å². The number of aliphatic hydroxyl groups is 1. The lowest BCUT2D eigenvalue weighted by molar-refractivity contribution is 0.291. The standard InChI is InChI=1S/C14H14O3S/c15-11-14(12-7-3-1-4-8-12)18(16,17)13-9-5-2-6-10-13/h1-10,14-15H,11H2. The highest BCUT2D eigenvalue weighted by Crippen LogP contribution is 2.28. The van der Waals surface area contributed by atoms with Crippen LogP contribution < -0.4 is 0 Å². The van der Waals surface area contributed by atoms with Crippen LogP contribution in [-0.4, -0.2) is 20.1 Å². The van der Waals surface area contributed by atoms with E-state index in [2.05, 4.69) is 0 Å². The number of rotatable bonds is 4. The van der Waals surface area contributed by atoms with Gasteiger partial charge in [0.25, 0.3) is 0 Å². The van der Waals surface area contributed by atoms with Crippen molar-refractivity contribution in [2.75, 3.05) is 6.61 Å². The Bertz CT molecular complexity index is 591. The smallest absolute Gasteiger partial charge is 0.187 e. The van der Waals surface area contributed by atoms with E-state index in [1.54, 1.807) is 54.6 Å².